The minimum atomic E-state index is -0.875. The van der Waals surface area contributed by atoms with Crippen molar-refractivity contribution in [1.82, 2.24) is 10.2 Å². The third kappa shape index (κ3) is 1.61. The van der Waals surface area contributed by atoms with E-state index in [4.69, 9.17) is 5.11 Å². The molecule has 2 N–H and O–H groups in total. The Bertz CT molecular complexity index is 374. The quantitative estimate of drug-likeness (QED) is 0.751. The highest BCUT2D eigenvalue weighted by atomic mass is 32.2. The third-order valence-electron chi connectivity index (χ3n) is 2.43. The summed E-state index contributed by atoms with van der Waals surface area (Å²) in [4.78, 5) is 14.3. The number of nitrogens with zero attached hydrogens (tertiary/aromatic N) is 1. The molecule has 0 saturated heterocycles. The summed E-state index contributed by atoms with van der Waals surface area (Å²) in [5.41, 5.74) is 1.25. The van der Waals surface area contributed by atoms with Crippen molar-refractivity contribution in [2.75, 3.05) is 0 Å². The topological polar surface area (TPSA) is 52.6 Å². The van der Waals surface area contributed by atoms with Crippen LogP contribution in [0.3, 0.4) is 0 Å². The van der Waals surface area contributed by atoms with Gasteiger partial charge in [0.2, 0.25) is 0 Å². The Hall–Kier alpha value is -1.10. The Labute approximate surface area is 93.0 Å². The van der Waals surface area contributed by atoms with E-state index in [2.05, 4.69) is 5.32 Å². The molecule has 1 atom stereocenters. The molecule has 2 heterocycles. The molecule has 4 nitrogen and oxygen atoms in total. The van der Waals surface area contributed by atoms with Crippen molar-refractivity contribution in [1.29, 1.82) is 0 Å². The van der Waals surface area contributed by atoms with Crippen LogP contribution in [0, 0.1) is 5.92 Å². The highest BCUT2D eigenvalue weighted by Gasteiger charge is 2.38. The van der Waals surface area contributed by atoms with Gasteiger partial charge in [0.05, 0.1) is 5.70 Å². The van der Waals surface area contributed by atoms with Gasteiger partial charge in [-0.15, -0.1) is 0 Å². The lowest BCUT2D eigenvalue weighted by Gasteiger charge is -2.20. The molecule has 0 spiro atoms. The van der Waals surface area contributed by atoms with Gasteiger partial charge < -0.3 is 15.3 Å². The zero-order valence-corrected chi connectivity index (χ0v) is 9.76. The van der Waals surface area contributed by atoms with Crippen molar-refractivity contribution in [3.8, 4) is 0 Å². The number of carbonyl (C=O) groups is 1. The van der Waals surface area contributed by atoms with E-state index in [0.717, 1.165) is 5.70 Å². The maximum Gasteiger partial charge on any atom is 0.353 e. The molecular weight excluding hydrogens is 212 g/mol. The first kappa shape index (κ1) is 10.4. The van der Waals surface area contributed by atoms with Crippen LogP contribution in [0.15, 0.2) is 22.5 Å². The molecule has 2 aliphatic rings. The largest absolute Gasteiger partial charge is 0.477 e. The first-order valence-electron chi connectivity index (χ1n) is 4.88. The lowest BCUT2D eigenvalue weighted by atomic mass is 10.1. The van der Waals surface area contributed by atoms with Crippen molar-refractivity contribution in [2.24, 2.45) is 5.92 Å². The number of carboxylic acids is 1. The van der Waals surface area contributed by atoms with Gasteiger partial charge >= 0.3 is 5.97 Å². The Morgan fingerprint density at radius 2 is 2.33 bits per heavy atom. The van der Waals surface area contributed by atoms with Crippen LogP contribution in [0.4, 0.5) is 0 Å². The molecule has 0 aromatic heterocycles. The minimum Gasteiger partial charge on any atom is -0.477 e. The summed E-state index contributed by atoms with van der Waals surface area (Å²) >= 11 is 1.65. The van der Waals surface area contributed by atoms with Gasteiger partial charge in [-0.25, -0.2) is 4.79 Å². The van der Waals surface area contributed by atoms with Crippen LogP contribution in [0.25, 0.3) is 0 Å². The Morgan fingerprint density at radius 1 is 1.67 bits per heavy atom. The van der Waals surface area contributed by atoms with Crippen molar-refractivity contribution in [2.45, 2.75) is 26.3 Å². The maximum absolute atomic E-state index is 11.1. The number of carboxylic acid groups (broad SMARTS) is 1. The summed E-state index contributed by atoms with van der Waals surface area (Å²) in [6.07, 6.45) is 2.01. The Morgan fingerprint density at radius 3 is 2.87 bits per heavy atom. The second kappa shape index (κ2) is 3.48. The van der Waals surface area contributed by atoms with Gasteiger partial charge in [0.15, 0.2) is 5.50 Å². The summed E-state index contributed by atoms with van der Waals surface area (Å²) in [7, 11) is 0. The lowest BCUT2D eigenvalue weighted by molar-refractivity contribution is -0.133. The summed E-state index contributed by atoms with van der Waals surface area (Å²) < 4.78 is 0. The molecule has 0 bridgehead atoms. The van der Waals surface area contributed by atoms with E-state index >= 15 is 0 Å². The first-order chi connectivity index (χ1) is 7.00. The molecule has 0 aromatic carbocycles. The van der Waals surface area contributed by atoms with E-state index in [1.807, 2.05) is 31.9 Å². The van der Waals surface area contributed by atoms with Crippen LogP contribution in [0.5, 0.6) is 0 Å². The molecular formula is C10H14N2O2S. The number of rotatable bonds is 2. The van der Waals surface area contributed by atoms with E-state index in [1.54, 1.807) is 11.8 Å². The van der Waals surface area contributed by atoms with E-state index in [9.17, 15) is 4.79 Å². The molecule has 0 amide bonds. The predicted molar refractivity (Wildman–Crippen MR) is 59.6 cm³/mol. The zero-order chi connectivity index (χ0) is 11.2. The van der Waals surface area contributed by atoms with Gasteiger partial charge in [-0.05, 0) is 12.8 Å². The summed E-state index contributed by atoms with van der Waals surface area (Å²) in [6.45, 7) is 6.05. The average Bonchev–Trinajstić information content (AvgIpc) is 2.58. The molecule has 0 aliphatic carbocycles. The standard InChI is InChI=1S/C10H14N2O2S/c1-5(2)8-7(9(13)14)11-10-12(8)4-6(3)15-10/h4-5,10-11H,1-3H3,(H,13,14)/t10-/m1/s1. The number of nitrogens with one attached hydrogen (secondary N) is 1. The maximum atomic E-state index is 11.1. The third-order valence-corrected chi connectivity index (χ3v) is 3.48. The molecule has 2 rings (SSSR count). The molecule has 0 unspecified atom stereocenters. The van der Waals surface area contributed by atoms with Gasteiger partial charge in [0.1, 0.15) is 5.70 Å². The van der Waals surface area contributed by atoms with Crippen molar-refractivity contribution < 1.29 is 9.90 Å². The first-order valence-corrected chi connectivity index (χ1v) is 5.76. The number of allylic oxidation sites excluding steroid dienone is 2. The highest BCUT2D eigenvalue weighted by Crippen LogP contribution is 2.40. The van der Waals surface area contributed by atoms with Crippen LogP contribution in [-0.4, -0.2) is 21.5 Å². The molecule has 2 aliphatic heterocycles. The van der Waals surface area contributed by atoms with Crippen LogP contribution in [0.1, 0.15) is 20.8 Å². The number of hydrogen-bond acceptors (Lipinski definition) is 4. The van der Waals surface area contributed by atoms with Gasteiger partial charge in [0.25, 0.3) is 0 Å². The SMILES string of the molecule is CC1=CN2C(C(C)C)=C(C(=O)O)N[C@H]2S1. The fraction of sp³-hybridized carbons (Fsp3) is 0.500. The fourth-order valence-electron chi connectivity index (χ4n) is 1.91. The molecule has 0 saturated carbocycles. The monoisotopic (exact) mass is 226 g/mol. The number of aliphatic carboxylic acids is 1. The van der Waals surface area contributed by atoms with Crippen LogP contribution in [0.2, 0.25) is 0 Å². The van der Waals surface area contributed by atoms with E-state index in [-0.39, 0.29) is 11.4 Å². The summed E-state index contributed by atoms with van der Waals surface area (Å²) in [5.74, 6) is -0.670. The fourth-order valence-corrected chi connectivity index (χ4v) is 2.90. The number of thioether (sulfide) groups is 1. The molecule has 15 heavy (non-hydrogen) atoms. The van der Waals surface area contributed by atoms with Crippen LogP contribution >= 0.6 is 11.8 Å². The summed E-state index contributed by atoms with van der Waals surface area (Å²) in [5, 5.41) is 12.1. The molecule has 5 heteroatoms. The number of hydrogen-bond donors (Lipinski definition) is 2. The minimum absolute atomic E-state index is 0.0356. The van der Waals surface area contributed by atoms with E-state index in [0.29, 0.717) is 5.70 Å². The summed E-state index contributed by atoms with van der Waals surface area (Å²) in [6, 6.07) is 0. The highest BCUT2D eigenvalue weighted by molar-refractivity contribution is 8.03. The molecule has 82 valence electrons. The normalized spacial score (nSPS) is 24.4. The van der Waals surface area contributed by atoms with Gasteiger partial charge in [-0.2, -0.15) is 0 Å². The van der Waals surface area contributed by atoms with Gasteiger partial charge in [-0.3, -0.25) is 0 Å². The Balaban J connectivity index is 2.39. The lowest BCUT2D eigenvalue weighted by Crippen LogP contribution is -2.29. The molecule has 0 aromatic rings. The second-order valence-corrected chi connectivity index (χ2v) is 5.31. The van der Waals surface area contributed by atoms with Crippen molar-refractivity contribution >= 4 is 17.7 Å². The second-order valence-electron chi connectivity index (χ2n) is 3.98. The van der Waals surface area contributed by atoms with Gasteiger partial charge in [0, 0.05) is 11.1 Å². The zero-order valence-electron chi connectivity index (χ0n) is 8.94. The van der Waals surface area contributed by atoms with Crippen molar-refractivity contribution in [3.63, 3.8) is 0 Å². The van der Waals surface area contributed by atoms with Crippen molar-refractivity contribution in [3.05, 3.63) is 22.5 Å². The van der Waals surface area contributed by atoms with E-state index < -0.39 is 5.97 Å². The smallest absolute Gasteiger partial charge is 0.353 e. The average molecular weight is 226 g/mol. The molecule has 0 radical (unpaired) electrons. The van der Waals surface area contributed by atoms with E-state index in [1.165, 1.54) is 4.91 Å². The van der Waals surface area contributed by atoms with Crippen LogP contribution in [-0.2, 0) is 4.79 Å². The Kier molecular flexibility index (Phi) is 2.42. The number of fused-ring (bicyclic) bond motifs is 1. The van der Waals surface area contributed by atoms with Crippen LogP contribution < -0.4 is 5.32 Å². The predicted octanol–water partition coefficient (Wildman–Crippen LogP) is 1.74. The molecule has 0 fully saturated rings. The van der Waals surface area contributed by atoms with Gasteiger partial charge in [-0.1, -0.05) is 25.6 Å².